The van der Waals surface area contributed by atoms with Gasteiger partial charge in [-0.2, -0.15) is 4.73 Å². The zero-order valence-electron chi connectivity index (χ0n) is 19.3. The van der Waals surface area contributed by atoms with Crippen LogP contribution in [0.25, 0.3) is 0 Å². The number of nitrogens with zero attached hydrogens (tertiary/aromatic N) is 4. The number of likely N-dealkylation sites (tertiary alicyclic amines) is 1. The molecule has 9 nitrogen and oxygen atoms in total. The van der Waals surface area contributed by atoms with Gasteiger partial charge >= 0.3 is 0 Å². The van der Waals surface area contributed by atoms with Crippen LogP contribution in [0.3, 0.4) is 0 Å². The Morgan fingerprint density at radius 2 is 2.06 bits per heavy atom. The molecular weight excluding hydrogens is 479 g/mol. The highest BCUT2D eigenvalue weighted by molar-refractivity contribution is 5.93. The van der Waals surface area contributed by atoms with E-state index in [0.717, 1.165) is 6.07 Å². The van der Waals surface area contributed by atoms with Crippen molar-refractivity contribution in [3.63, 3.8) is 0 Å². The predicted octanol–water partition coefficient (Wildman–Crippen LogP) is 2.99. The van der Waals surface area contributed by atoms with Crippen molar-refractivity contribution in [3.05, 3.63) is 77.3 Å². The van der Waals surface area contributed by atoms with Crippen LogP contribution in [-0.2, 0) is 11.4 Å². The molecule has 1 aromatic carbocycles. The van der Waals surface area contributed by atoms with Gasteiger partial charge in [-0.25, -0.2) is 23.1 Å². The van der Waals surface area contributed by atoms with E-state index in [0.29, 0.717) is 10.3 Å². The van der Waals surface area contributed by atoms with Gasteiger partial charge in [-0.15, -0.1) is 0 Å². The predicted molar refractivity (Wildman–Crippen MR) is 122 cm³/mol. The first-order valence-electron chi connectivity index (χ1n) is 11.2. The minimum Gasteiger partial charge on any atom is -0.619 e. The molecule has 2 N–H and O–H groups in total. The van der Waals surface area contributed by atoms with Crippen molar-refractivity contribution in [1.82, 2.24) is 14.9 Å². The molecule has 1 amide bonds. The van der Waals surface area contributed by atoms with Gasteiger partial charge in [0.15, 0.2) is 18.2 Å². The lowest BCUT2D eigenvalue weighted by atomic mass is 9.87. The second kappa shape index (κ2) is 10.5. The lowest BCUT2D eigenvalue weighted by Gasteiger charge is -2.40. The number of amides is 1. The smallest absolute Gasteiger partial charge is 0.257 e. The van der Waals surface area contributed by atoms with Crippen molar-refractivity contribution in [3.8, 4) is 11.6 Å². The van der Waals surface area contributed by atoms with Gasteiger partial charge in [-0.05, 0) is 30.7 Å². The van der Waals surface area contributed by atoms with E-state index in [-0.39, 0.29) is 36.1 Å². The largest absolute Gasteiger partial charge is 0.619 e. The molecule has 0 saturated carbocycles. The van der Waals surface area contributed by atoms with E-state index in [2.05, 4.69) is 15.3 Å². The average molecular weight is 503 g/mol. The molecule has 1 aliphatic heterocycles. The van der Waals surface area contributed by atoms with E-state index >= 15 is 0 Å². The van der Waals surface area contributed by atoms with Crippen LogP contribution in [-0.4, -0.2) is 50.9 Å². The molecule has 0 bridgehead atoms. The molecule has 0 spiro atoms. The van der Waals surface area contributed by atoms with Gasteiger partial charge in [0.1, 0.15) is 11.6 Å². The Morgan fingerprint density at radius 3 is 2.72 bits per heavy atom. The quantitative estimate of drug-likeness (QED) is 0.376. The highest BCUT2D eigenvalue weighted by Gasteiger charge is 2.46. The summed E-state index contributed by atoms with van der Waals surface area (Å²) in [4.78, 5) is 22.6. The number of aromatic nitrogens is 3. The van der Waals surface area contributed by atoms with Crippen molar-refractivity contribution >= 4 is 11.7 Å². The normalized spacial score (nSPS) is 18.4. The van der Waals surface area contributed by atoms with E-state index < -0.39 is 42.6 Å². The number of ether oxygens (including phenoxy) is 1. The Bertz CT molecular complexity index is 1210. The standard InChI is InChI=1S/C24H24F3N5O4/c1-15(31-9-6-24(26,27)19(13-31)16-4-7-32(35)8-5-16)23(34)30-21-11-29-22(12-28-21)36-20-3-2-18(25)10-17(20)14-33/h2-5,7-8,10-12,15,19,33H,6,9,13-14H2,1H3,(H,28,30,34)/t15?,19-/m1/s1. The maximum Gasteiger partial charge on any atom is 0.257 e. The van der Waals surface area contributed by atoms with E-state index in [1.165, 1.54) is 49.1 Å². The van der Waals surface area contributed by atoms with E-state index in [1.54, 1.807) is 11.8 Å². The highest BCUT2D eigenvalue weighted by Crippen LogP contribution is 2.40. The van der Waals surface area contributed by atoms with Crippen molar-refractivity contribution in [1.29, 1.82) is 0 Å². The van der Waals surface area contributed by atoms with E-state index in [4.69, 9.17) is 4.74 Å². The van der Waals surface area contributed by atoms with Crippen LogP contribution in [0.15, 0.2) is 55.1 Å². The number of rotatable bonds is 7. The van der Waals surface area contributed by atoms with Crippen LogP contribution >= 0.6 is 0 Å². The van der Waals surface area contributed by atoms with Gasteiger partial charge in [-0.1, -0.05) is 0 Å². The number of carbonyl (C=O) groups excluding carboxylic acids is 1. The van der Waals surface area contributed by atoms with E-state index in [1.807, 2.05) is 0 Å². The first-order valence-corrected chi connectivity index (χ1v) is 11.2. The summed E-state index contributed by atoms with van der Waals surface area (Å²) in [5.74, 6) is -4.70. The number of hydrogen-bond acceptors (Lipinski definition) is 7. The molecule has 36 heavy (non-hydrogen) atoms. The second-order valence-electron chi connectivity index (χ2n) is 8.47. The molecule has 2 aromatic heterocycles. The van der Waals surface area contributed by atoms with Crippen LogP contribution in [0.5, 0.6) is 11.6 Å². The third kappa shape index (κ3) is 5.71. The first-order chi connectivity index (χ1) is 17.2. The summed E-state index contributed by atoms with van der Waals surface area (Å²) in [6.45, 7) is 1.14. The SMILES string of the molecule is CC(C(=O)Nc1cnc(Oc2ccc(F)cc2CO)cn1)N1CCC(F)(F)[C@@H](c2cc[n+]([O-])cc2)C1. The first kappa shape index (κ1) is 25.3. The summed E-state index contributed by atoms with van der Waals surface area (Å²) in [5.41, 5.74) is 0.563. The summed E-state index contributed by atoms with van der Waals surface area (Å²) in [7, 11) is 0. The molecule has 2 atom stereocenters. The van der Waals surface area contributed by atoms with Crippen molar-refractivity contribution in [2.24, 2.45) is 0 Å². The fourth-order valence-electron chi connectivity index (χ4n) is 4.00. The van der Waals surface area contributed by atoms with Gasteiger partial charge in [0.2, 0.25) is 11.8 Å². The number of hydrogen-bond donors (Lipinski definition) is 2. The van der Waals surface area contributed by atoms with Gasteiger partial charge in [-0.3, -0.25) is 9.69 Å². The van der Waals surface area contributed by atoms with Crippen LogP contribution in [0.4, 0.5) is 19.0 Å². The molecule has 1 saturated heterocycles. The van der Waals surface area contributed by atoms with Crippen molar-refractivity contribution < 1.29 is 32.5 Å². The summed E-state index contributed by atoms with van der Waals surface area (Å²) in [6, 6.07) is 5.67. The van der Waals surface area contributed by atoms with Crippen LogP contribution < -0.4 is 14.8 Å². The number of anilines is 1. The molecule has 190 valence electrons. The monoisotopic (exact) mass is 503 g/mol. The zero-order valence-corrected chi connectivity index (χ0v) is 19.3. The van der Waals surface area contributed by atoms with Crippen LogP contribution in [0.1, 0.15) is 30.4 Å². The number of halogens is 3. The fraction of sp³-hybridized carbons (Fsp3) is 0.333. The fourth-order valence-corrected chi connectivity index (χ4v) is 4.00. The summed E-state index contributed by atoms with van der Waals surface area (Å²) < 4.78 is 48.6. The summed E-state index contributed by atoms with van der Waals surface area (Å²) in [6.07, 6.45) is 4.43. The molecule has 1 unspecified atom stereocenters. The topological polar surface area (TPSA) is 115 Å². The number of piperidine rings is 1. The number of aliphatic hydroxyl groups is 1. The molecule has 12 heteroatoms. The maximum absolute atomic E-state index is 14.6. The number of carbonyl (C=O) groups is 1. The Morgan fingerprint density at radius 1 is 1.31 bits per heavy atom. The minimum atomic E-state index is -2.97. The second-order valence-corrected chi connectivity index (χ2v) is 8.47. The molecule has 0 radical (unpaired) electrons. The molecule has 3 aromatic rings. The Hall–Kier alpha value is -3.77. The van der Waals surface area contributed by atoms with Crippen LogP contribution in [0, 0.1) is 11.0 Å². The minimum absolute atomic E-state index is 0.0236. The Balaban J connectivity index is 1.39. The third-order valence-electron chi connectivity index (χ3n) is 6.10. The van der Waals surface area contributed by atoms with Crippen molar-refractivity contribution in [2.75, 3.05) is 18.4 Å². The summed E-state index contributed by atoms with van der Waals surface area (Å²) in [5, 5.41) is 23.2. The number of nitrogens with one attached hydrogen (secondary N) is 1. The van der Waals surface area contributed by atoms with Gasteiger partial charge in [0, 0.05) is 37.2 Å². The molecule has 1 aliphatic rings. The third-order valence-corrected chi connectivity index (χ3v) is 6.10. The molecular formula is C24H24F3N5O4. The lowest BCUT2D eigenvalue weighted by Crippen LogP contribution is -2.52. The molecule has 1 fully saturated rings. The average Bonchev–Trinajstić information content (AvgIpc) is 2.86. The Labute approximate surface area is 204 Å². The number of pyridine rings is 1. The highest BCUT2D eigenvalue weighted by atomic mass is 19.3. The molecule has 4 rings (SSSR count). The zero-order chi connectivity index (χ0) is 25.9. The van der Waals surface area contributed by atoms with E-state index in [9.17, 15) is 28.3 Å². The maximum atomic E-state index is 14.6. The molecule has 3 heterocycles. The number of benzene rings is 1. The van der Waals surface area contributed by atoms with Crippen molar-refractivity contribution in [2.45, 2.75) is 37.8 Å². The lowest BCUT2D eigenvalue weighted by molar-refractivity contribution is -0.605. The summed E-state index contributed by atoms with van der Waals surface area (Å²) >= 11 is 0. The molecule has 0 aliphatic carbocycles. The van der Waals surface area contributed by atoms with Gasteiger partial charge in [0.05, 0.1) is 31.0 Å². The Kier molecular flexibility index (Phi) is 7.36. The van der Waals surface area contributed by atoms with Gasteiger partial charge < -0.3 is 20.4 Å². The number of aliphatic hydroxyl groups excluding tert-OH is 1. The van der Waals surface area contributed by atoms with Gasteiger partial charge in [0.25, 0.3) is 5.92 Å². The van der Waals surface area contributed by atoms with Crippen LogP contribution in [0.2, 0.25) is 0 Å². The number of alkyl halides is 2.